The maximum absolute atomic E-state index is 8.55. The van der Waals surface area contributed by atoms with Crippen molar-refractivity contribution in [2.75, 3.05) is 26.5 Å². The lowest BCUT2D eigenvalue weighted by molar-refractivity contribution is 0.180. The standard InChI is InChI=1S/C5H11N3OS.C2H6/c9-2-1-8-3-6-5(10)7-4-8;1-2/h9H,1-4H2,(H2,6,7,10);1-2H3. The highest BCUT2D eigenvalue weighted by atomic mass is 32.1. The lowest BCUT2D eigenvalue weighted by Gasteiger charge is -2.28. The fourth-order valence-electron chi connectivity index (χ4n) is 0.785. The third-order valence-electron chi connectivity index (χ3n) is 1.34. The first-order valence-electron chi connectivity index (χ1n) is 4.18. The minimum Gasteiger partial charge on any atom is -0.395 e. The maximum atomic E-state index is 8.55. The molecule has 1 aliphatic heterocycles. The van der Waals surface area contributed by atoms with Crippen LogP contribution in [0.2, 0.25) is 0 Å². The highest BCUT2D eigenvalue weighted by molar-refractivity contribution is 7.80. The number of aliphatic hydroxyl groups excluding tert-OH is 1. The predicted molar refractivity (Wildman–Crippen MR) is 53.7 cm³/mol. The average molecular weight is 191 g/mol. The molecule has 1 rings (SSSR count). The number of β-amino-alcohol motifs (C(OH)–C–C–N with tert-alkyl or cyclic N) is 1. The third-order valence-corrected chi connectivity index (χ3v) is 1.63. The van der Waals surface area contributed by atoms with E-state index in [1.165, 1.54) is 0 Å². The van der Waals surface area contributed by atoms with Crippen LogP contribution < -0.4 is 10.6 Å². The molecule has 12 heavy (non-hydrogen) atoms. The van der Waals surface area contributed by atoms with E-state index in [0.29, 0.717) is 11.7 Å². The molecular formula is C7H17N3OS. The van der Waals surface area contributed by atoms with Gasteiger partial charge in [-0.1, -0.05) is 13.8 Å². The van der Waals surface area contributed by atoms with Crippen molar-refractivity contribution in [2.45, 2.75) is 13.8 Å². The summed E-state index contributed by atoms with van der Waals surface area (Å²) in [5.74, 6) is 0. The molecule has 0 aliphatic carbocycles. The van der Waals surface area contributed by atoms with Gasteiger partial charge in [0.1, 0.15) is 0 Å². The largest absolute Gasteiger partial charge is 0.395 e. The van der Waals surface area contributed by atoms with E-state index in [1.54, 1.807) is 0 Å². The van der Waals surface area contributed by atoms with Crippen molar-refractivity contribution < 1.29 is 5.11 Å². The van der Waals surface area contributed by atoms with Crippen molar-refractivity contribution in [1.29, 1.82) is 0 Å². The smallest absolute Gasteiger partial charge is 0.168 e. The van der Waals surface area contributed by atoms with E-state index in [2.05, 4.69) is 10.6 Å². The van der Waals surface area contributed by atoms with E-state index in [4.69, 9.17) is 17.3 Å². The lowest BCUT2D eigenvalue weighted by Crippen LogP contribution is -2.54. The van der Waals surface area contributed by atoms with E-state index in [-0.39, 0.29) is 6.61 Å². The van der Waals surface area contributed by atoms with Crippen LogP contribution in [0.3, 0.4) is 0 Å². The second kappa shape index (κ2) is 7.27. The molecule has 1 fully saturated rings. The molecule has 0 aromatic carbocycles. The summed E-state index contributed by atoms with van der Waals surface area (Å²) in [6.45, 7) is 6.33. The van der Waals surface area contributed by atoms with Crippen LogP contribution in [0.15, 0.2) is 0 Å². The summed E-state index contributed by atoms with van der Waals surface area (Å²) >= 11 is 4.83. The minimum atomic E-state index is 0.191. The van der Waals surface area contributed by atoms with E-state index in [0.717, 1.165) is 13.3 Å². The zero-order valence-electron chi connectivity index (χ0n) is 7.63. The van der Waals surface area contributed by atoms with Gasteiger partial charge in [-0.25, -0.2) is 0 Å². The Bertz CT molecular complexity index is 122. The van der Waals surface area contributed by atoms with Crippen LogP contribution in [0, 0.1) is 0 Å². The molecule has 72 valence electrons. The van der Waals surface area contributed by atoms with Gasteiger partial charge in [0.05, 0.1) is 19.9 Å². The number of nitrogens with zero attached hydrogens (tertiary/aromatic N) is 1. The number of nitrogens with one attached hydrogen (secondary N) is 2. The highest BCUT2D eigenvalue weighted by Crippen LogP contribution is 1.86. The minimum absolute atomic E-state index is 0.191. The molecule has 0 saturated carbocycles. The first kappa shape index (κ1) is 11.6. The first-order valence-corrected chi connectivity index (χ1v) is 4.58. The van der Waals surface area contributed by atoms with E-state index in [9.17, 15) is 0 Å². The zero-order chi connectivity index (χ0) is 9.40. The van der Waals surface area contributed by atoms with E-state index >= 15 is 0 Å². The topological polar surface area (TPSA) is 47.5 Å². The van der Waals surface area contributed by atoms with Gasteiger partial charge in [0.2, 0.25) is 0 Å². The van der Waals surface area contributed by atoms with Crippen LogP contribution in [-0.2, 0) is 0 Å². The first-order chi connectivity index (χ1) is 5.83. The second-order valence-electron chi connectivity index (χ2n) is 2.12. The Kier molecular flexibility index (Phi) is 7.03. The van der Waals surface area contributed by atoms with Crippen molar-refractivity contribution >= 4 is 17.3 Å². The van der Waals surface area contributed by atoms with E-state index < -0.39 is 0 Å². The monoisotopic (exact) mass is 191 g/mol. The molecular weight excluding hydrogens is 174 g/mol. The van der Waals surface area contributed by atoms with Crippen molar-refractivity contribution in [1.82, 2.24) is 15.5 Å². The molecule has 1 aliphatic rings. The average Bonchev–Trinajstić information content (AvgIpc) is 2.13. The van der Waals surface area contributed by atoms with Crippen molar-refractivity contribution in [3.05, 3.63) is 0 Å². The summed E-state index contributed by atoms with van der Waals surface area (Å²) in [7, 11) is 0. The van der Waals surface area contributed by atoms with Crippen LogP contribution in [0.1, 0.15) is 13.8 Å². The number of thiocarbonyl (C=S) groups is 1. The zero-order valence-corrected chi connectivity index (χ0v) is 8.45. The summed E-state index contributed by atoms with van der Waals surface area (Å²) in [6.07, 6.45) is 0. The summed E-state index contributed by atoms with van der Waals surface area (Å²) in [5, 5.41) is 15.1. The van der Waals surface area contributed by atoms with Gasteiger partial charge in [0.25, 0.3) is 0 Å². The van der Waals surface area contributed by atoms with Gasteiger partial charge in [-0.3, -0.25) is 4.90 Å². The molecule has 5 heteroatoms. The van der Waals surface area contributed by atoms with Gasteiger partial charge in [-0.15, -0.1) is 0 Å². The van der Waals surface area contributed by atoms with Gasteiger partial charge in [-0.2, -0.15) is 0 Å². The molecule has 3 N–H and O–H groups in total. The molecule has 0 radical (unpaired) electrons. The Morgan fingerprint density at radius 3 is 2.33 bits per heavy atom. The van der Waals surface area contributed by atoms with Crippen LogP contribution in [0.4, 0.5) is 0 Å². The number of hydrogen-bond donors (Lipinski definition) is 3. The van der Waals surface area contributed by atoms with Gasteiger partial charge in [-0.05, 0) is 12.2 Å². The second-order valence-corrected chi connectivity index (χ2v) is 2.53. The molecule has 0 bridgehead atoms. The fraction of sp³-hybridized carbons (Fsp3) is 0.857. The SMILES string of the molecule is CC.OCCN1CNC(=S)NC1. The van der Waals surface area contributed by atoms with Crippen molar-refractivity contribution in [2.24, 2.45) is 0 Å². The Morgan fingerprint density at radius 1 is 1.42 bits per heavy atom. The Balaban J connectivity index is 0.000000561. The molecule has 1 saturated heterocycles. The number of hydrogen-bond acceptors (Lipinski definition) is 3. The quantitative estimate of drug-likeness (QED) is 0.523. The molecule has 0 unspecified atom stereocenters. The lowest BCUT2D eigenvalue weighted by atomic mass is 10.5. The van der Waals surface area contributed by atoms with Crippen LogP contribution in [0.5, 0.6) is 0 Å². The van der Waals surface area contributed by atoms with Crippen molar-refractivity contribution in [3.8, 4) is 0 Å². The maximum Gasteiger partial charge on any atom is 0.168 e. The molecule has 1 heterocycles. The van der Waals surface area contributed by atoms with Crippen LogP contribution in [-0.4, -0.2) is 41.6 Å². The molecule has 0 aromatic heterocycles. The summed E-state index contributed by atoms with van der Waals surface area (Å²) in [6, 6.07) is 0. The number of aliphatic hydroxyl groups is 1. The summed E-state index contributed by atoms with van der Waals surface area (Å²) < 4.78 is 0. The fourth-order valence-corrected chi connectivity index (χ4v) is 0.914. The molecule has 0 aromatic rings. The van der Waals surface area contributed by atoms with Crippen molar-refractivity contribution in [3.63, 3.8) is 0 Å². The van der Waals surface area contributed by atoms with Crippen LogP contribution in [0.25, 0.3) is 0 Å². The Morgan fingerprint density at radius 2 is 1.92 bits per heavy atom. The van der Waals surface area contributed by atoms with Gasteiger partial charge < -0.3 is 15.7 Å². The Hall–Kier alpha value is -0.390. The van der Waals surface area contributed by atoms with Gasteiger partial charge in [0.15, 0.2) is 5.11 Å². The summed E-state index contributed by atoms with van der Waals surface area (Å²) in [4.78, 5) is 2.02. The molecule has 0 amide bonds. The number of rotatable bonds is 2. The molecule has 0 atom stereocenters. The summed E-state index contributed by atoms with van der Waals surface area (Å²) in [5.41, 5.74) is 0. The Labute approximate surface area is 78.9 Å². The van der Waals surface area contributed by atoms with Gasteiger partial charge in [0, 0.05) is 6.54 Å². The van der Waals surface area contributed by atoms with Crippen LogP contribution >= 0.6 is 12.2 Å². The van der Waals surface area contributed by atoms with E-state index in [1.807, 2.05) is 18.7 Å². The predicted octanol–water partition coefficient (Wildman–Crippen LogP) is -0.300. The molecule has 4 nitrogen and oxygen atoms in total. The van der Waals surface area contributed by atoms with Gasteiger partial charge >= 0.3 is 0 Å². The normalized spacial score (nSPS) is 17.1. The molecule has 0 spiro atoms. The highest BCUT2D eigenvalue weighted by Gasteiger charge is 2.09. The third kappa shape index (κ3) is 4.48.